The molecule has 0 atom stereocenters. The van der Waals surface area contributed by atoms with Gasteiger partial charge in [0.05, 0.1) is 23.1 Å². The average molecular weight is 433 g/mol. The third-order valence-electron chi connectivity index (χ3n) is 4.30. The van der Waals surface area contributed by atoms with Crippen LogP contribution in [-0.2, 0) is 0 Å². The summed E-state index contributed by atoms with van der Waals surface area (Å²) in [6.45, 7) is 2.26. The molecule has 0 aliphatic heterocycles. The Morgan fingerprint density at radius 1 is 0.938 bits per heavy atom. The highest BCUT2D eigenvalue weighted by Crippen LogP contribution is 2.24. The summed E-state index contributed by atoms with van der Waals surface area (Å²) in [5.41, 5.74) is 2.35. The van der Waals surface area contributed by atoms with Crippen molar-refractivity contribution in [2.24, 2.45) is 0 Å². The highest BCUT2D eigenvalue weighted by Gasteiger charge is 2.15. The number of anilines is 4. The van der Waals surface area contributed by atoms with Gasteiger partial charge in [-0.1, -0.05) is 0 Å². The highest BCUT2D eigenvalue weighted by atomic mass is 16.2. The first-order chi connectivity index (χ1) is 15.5. The Kier molecular flexibility index (Phi) is 7.31. The summed E-state index contributed by atoms with van der Waals surface area (Å²) in [5, 5.41) is 13.7. The lowest BCUT2D eigenvalue weighted by Gasteiger charge is -2.14. The molecule has 5 N–H and O–H groups in total. The van der Waals surface area contributed by atoms with E-state index in [9.17, 15) is 14.4 Å². The van der Waals surface area contributed by atoms with Crippen molar-refractivity contribution in [3.63, 3.8) is 0 Å². The molecule has 1 aromatic carbocycles. The van der Waals surface area contributed by atoms with Crippen LogP contribution >= 0.6 is 0 Å². The summed E-state index contributed by atoms with van der Waals surface area (Å²) in [6, 6.07) is 11.3. The molecule has 0 spiro atoms. The molecule has 0 saturated heterocycles. The minimum absolute atomic E-state index is 0.203. The third-order valence-corrected chi connectivity index (χ3v) is 4.30. The minimum atomic E-state index is -0.409. The predicted octanol–water partition coefficient (Wildman–Crippen LogP) is 2.97. The smallest absolute Gasteiger partial charge is 0.320 e. The quantitative estimate of drug-likeness (QED) is 0.388. The molecule has 0 saturated carbocycles. The first kappa shape index (κ1) is 22.2. The van der Waals surface area contributed by atoms with E-state index >= 15 is 0 Å². The van der Waals surface area contributed by atoms with Crippen LogP contribution in [0.2, 0.25) is 0 Å². The Bertz CT molecular complexity index is 1100. The van der Waals surface area contributed by atoms with E-state index in [0.717, 1.165) is 0 Å². The molecule has 0 radical (unpaired) electrons. The van der Waals surface area contributed by atoms with Crippen molar-refractivity contribution in [2.75, 3.05) is 29.5 Å². The zero-order chi connectivity index (χ0) is 22.9. The molecular weight excluding hydrogens is 410 g/mol. The number of hydrogen-bond acceptors (Lipinski definition) is 6. The molecule has 0 unspecified atom stereocenters. The van der Waals surface area contributed by atoms with Crippen molar-refractivity contribution in [3.8, 4) is 0 Å². The number of benzene rings is 1. The molecule has 2 heterocycles. The lowest BCUT2D eigenvalue weighted by Crippen LogP contribution is -2.28. The first-order valence-corrected chi connectivity index (χ1v) is 9.85. The molecule has 32 heavy (non-hydrogen) atoms. The summed E-state index contributed by atoms with van der Waals surface area (Å²) in [6.07, 6.45) is 4.50. The maximum atomic E-state index is 12.9. The van der Waals surface area contributed by atoms with E-state index in [1.165, 1.54) is 12.4 Å². The number of nitrogens with one attached hydrogen (secondary N) is 5. The number of nitrogens with zero attached hydrogens (tertiary/aromatic N) is 2. The predicted molar refractivity (Wildman–Crippen MR) is 122 cm³/mol. The van der Waals surface area contributed by atoms with Gasteiger partial charge in [-0.25, -0.2) is 9.78 Å². The fourth-order valence-electron chi connectivity index (χ4n) is 2.77. The molecule has 0 bridgehead atoms. The normalized spacial score (nSPS) is 10.1. The number of carbonyl (C=O) groups excluding carboxylic acids is 3. The zero-order valence-corrected chi connectivity index (χ0v) is 17.6. The minimum Gasteiger partial charge on any atom is -0.355 e. The molecule has 3 aromatic rings. The van der Waals surface area contributed by atoms with Crippen LogP contribution in [-0.4, -0.2) is 41.4 Å². The van der Waals surface area contributed by atoms with Gasteiger partial charge < -0.3 is 21.3 Å². The molecule has 164 valence electrons. The third kappa shape index (κ3) is 5.79. The van der Waals surface area contributed by atoms with Crippen LogP contribution in [0.25, 0.3) is 0 Å². The van der Waals surface area contributed by atoms with Crippen molar-refractivity contribution in [1.82, 2.24) is 20.6 Å². The Hall–Kier alpha value is -4.47. The Morgan fingerprint density at radius 2 is 1.72 bits per heavy atom. The van der Waals surface area contributed by atoms with Crippen LogP contribution in [0.5, 0.6) is 0 Å². The fraction of sp³-hybridized carbons (Fsp3) is 0.136. The zero-order valence-electron chi connectivity index (χ0n) is 17.6. The first-order valence-electron chi connectivity index (χ1n) is 9.85. The maximum absolute atomic E-state index is 12.9. The van der Waals surface area contributed by atoms with Gasteiger partial charge in [0.15, 0.2) is 0 Å². The topological polar surface area (TPSA) is 137 Å². The van der Waals surface area contributed by atoms with E-state index in [1.54, 1.807) is 62.6 Å². The molecule has 10 nitrogen and oxygen atoms in total. The Labute approximate surface area is 184 Å². The number of rotatable bonds is 7. The molecule has 2 aromatic heterocycles. The highest BCUT2D eigenvalue weighted by molar-refractivity contribution is 6.08. The molecular formula is C22H23N7O3. The number of amides is 4. The second kappa shape index (κ2) is 10.5. The molecule has 0 fully saturated rings. The standard InChI is InChI=1S/C22H23N7O3/c1-3-25-22(32)29-19-11-18(27-15-8-6-14(7-9-15)20(30)23-2)17(13-26-19)21(31)28-16-5-4-10-24-12-16/h4-13H,3H2,1-2H3,(H,23,30)(H,28,31)(H3,25,26,27,29,32). The van der Waals surface area contributed by atoms with Crippen LogP contribution in [0.3, 0.4) is 0 Å². The van der Waals surface area contributed by atoms with E-state index in [0.29, 0.717) is 29.2 Å². The molecule has 4 amide bonds. The number of aromatic nitrogens is 2. The molecule has 0 aliphatic rings. The van der Waals surface area contributed by atoms with Gasteiger partial charge in [-0.3, -0.25) is 19.9 Å². The number of urea groups is 1. The van der Waals surface area contributed by atoms with Gasteiger partial charge in [0.1, 0.15) is 5.82 Å². The Balaban J connectivity index is 1.89. The SMILES string of the molecule is CCNC(=O)Nc1cc(Nc2ccc(C(=O)NC)cc2)c(C(=O)Nc2cccnc2)cn1. The van der Waals surface area contributed by atoms with Crippen molar-refractivity contribution >= 4 is 40.7 Å². The van der Waals surface area contributed by atoms with Gasteiger partial charge in [0.25, 0.3) is 11.8 Å². The monoisotopic (exact) mass is 433 g/mol. The van der Waals surface area contributed by atoms with Crippen molar-refractivity contribution in [2.45, 2.75) is 6.92 Å². The summed E-state index contributed by atoms with van der Waals surface area (Å²) in [5.74, 6) is -0.344. The lowest BCUT2D eigenvalue weighted by molar-refractivity contribution is 0.0962. The van der Waals surface area contributed by atoms with Gasteiger partial charge >= 0.3 is 6.03 Å². The Morgan fingerprint density at radius 3 is 2.38 bits per heavy atom. The second-order valence-corrected chi connectivity index (χ2v) is 6.58. The average Bonchev–Trinajstić information content (AvgIpc) is 2.80. The van der Waals surface area contributed by atoms with E-state index in [2.05, 4.69) is 36.6 Å². The van der Waals surface area contributed by atoms with Crippen LogP contribution in [0, 0.1) is 0 Å². The van der Waals surface area contributed by atoms with Gasteiger partial charge in [0, 0.05) is 43.3 Å². The summed E-state index contributed by atoms with van der Waals surface area (Å²) in [7, 11) is 1.56. The van der Waals surface area contributed by atoms with Crippen molar-refractivity contribution in [3.05, 3.63) is 72.2 Å². The summed E-state index contributed by atoms with van der Waals surface area (Å²) >= 11 is 0. The van der Waals surface area contributed by atoms with Gasteiger partial charge in [-0.2, -0.15) is 0 Å². The van der Waals surface area contributed by atoms with Gasteiger partial charge in [0.2, 0.25) is 0 Å². The molecule has 3 rings (SSSR count). The van der Waals surface area contributed by atoms with E-state index in [-0.39, 0.29) is 17.3 Å². The summed E-state index contributed by atoms with van der Waals surface area (Å²) < 4.78 is 0. The van der Waals surface area contributed by atoms with Crippen molar-refractivity contribution < 1.29 is 14.4 Å². The molecule has 0 aliphatic carbocycles. The number of pyridine rings is 2. The van der Waals surface area contributed by atoms with E-state index < -0.39 is 11.9 Å². The largest absolute Gasteiger partial charge is 0.355 e. The van der Waals surface area contributed by atoms with E-state index in [4.69, 9.17) is 0 Å². The fourth-order valence-corrected chi connectivity index (χ4v) is 2.77. The van der Waals surface area contributed by atoms with Crippen LogP contribution in [0.15, 0.2) is 61.1 Å². The second-order valence-electron chi connectivity index (χ2n) is 6.58. The van der Waals surface area contributed by atoms with Crippen LogP contribution in [0.4, 0.5) is 27.7 Å². The lowest BCUT2D eigenvalue weighted by atomic mass is 10.1. The van der Waals surface area contributed by atoms with Gasteiger partial charge in [-0.15, -0.1) is 0 Å². The molecule has 10 heteroatoms. The van der Waals surface area contributed by atoms with Crippen LogP contribution < -0.4 is 26.6 Å². The summed E-state index contributed by atoms with van der Waals surface area (Å²) in [4.78, 5) is 44.6. The number of hydrogen-bond donors (Lipinski definition) is 5. The number of carbonyl (C=O) groups is 3. The maximum Gasteiger partial charge on any atom is 0.320 e. The van der Waals surface area contributed by atoms with E-state index in [1.807, 2.05) is 0 Å². The van der Waals surface area contributed by atoms with Gasteiger partial charge in [-0.05, 0) is 43.3 Å². The van der Waals surface area contributed by atoms with Crippen molar-refractivity contribution in [1.29, 1.82) is 0 Å². The van der Waals surface area contributed by atoms with Crippen LogP contribution in [0.1, 0.15) is 27.6 Å².